The smallest absolute Gasteiger partial charge is 0.163 e. The predicted molar refractivity (Wildman–Crippen MR) is 76.4 cm³/mol. The number of nitrogens with zero attached hydrogens (tertiary/aromatic N) is 2. The van der Waals surface area contributed by atoms with Crippen LogP contribution >= 0.6 is 0 Å². The summed E-state index contributed by atoms with van der Waals surface area (Å²) in [7, 11) is 1.95. The third kappa shape index (κ3) is 3.31. The molecule has 1 aromatic carbocycles. The first kappa shape index (κ1) is 13.5. The van der Waals surface area contributed by atoms with Crippen molar-refractivity contribution in [1.29, 1.82) is 0 Å². The van der Waals surface area contributed by atoms with E-state index in [1.54, 1.807) is 6.20 Å². The lowest BCUT2D eigenvalue weighted by Crippen LogP contribution is -2.05. The van der Waals surface area contributed by atoms with Gasteiger partial charge in [0, 0.05) is 37.8 Å². The van der Waals surface area contributed by atoms with Crippen molar-refractivity contribution in [1.82, 2.24) is 9.55 Å². The van der Waals surface area contributed by atoms with E-state index in [1.807, 2.05) is 42.1 Å². The van der Waals surface area contributed by atoms with Crippen molar-refractivity contribution in [3.63, 3.8) is 0 Å². The number of imidazole rings is 1. The lowest BCUT2D eigenvalue weighted by Gasteiger charge is -2.06. The third-order valence-corrected chi connectivity index (χ3v) is 3.40. The van der Waals surface area contributed by atoms with Crippen molar-refractivity contribution in [2.45, 2.75) is 32.6 Å². The average molecular weight is 256 g/mol. The molecule has 0 aliphatic carbocycles. The normalized spacial score (nSPS) is 10.9. The van der Waals surface area contributed by atoms with Gasteiger partial charge in [0.15, 0.2) is 5.78 Å². The number of ketones is 1. The molecule has 2 aromatic rings. The molecule has 0 bridgehead atoms. The number of benzene rings is 1. The molecular formula is C16H20N2O. The summed E-state index contributed by atoms with van der Waals surface area (Å²) < 4.78 is 1.95. The first-order chi connectivity index (χ1) is 9.08. The lowest BCUT2D eigenvalue weighted by atomic mass is 9.99. The molecule has 3 heteroatoms. The number of carbonyl (C=O) groups is 1. The number of hydrogen-bond donors (Lipinski definition) is 0. The Kier molecular flexibility index (Phi) is 4.15. The van der Waals surface area contributed by atoms with Gasteiger partial charge in [0.2, 0.25) is 0 Å². The van der Waals surface area contributed by atoms with Gasteiger partial charge in [-0.25, -0.2) is 4.98 Å². The van der Waals surface area contributed by atoms with Crippen molar-refractivity contribution >= 4 is 5.78 Å². The Morgan fingerprint density at radius 2 is 1.95 bits per heavy atom. The van der Waals surface area contributed by atoms with Crippen LogP contribution in [0.3, 0.4) is 0 Å². The number of carbonyl (C=O) groups excluding carboxylic acids is 1. The molecule has 1 heterocycles. The highest BCUT2D eigenvalue weighted by Crippen LogP contribution is 2.16. The van der Waals surface area contributed by atoms with Crippen molar-refractivity contribution in [3.8, 4) is 0 Å². The van der Waals surface area contributed by atoms with Crippen LogP contribution in [0.25, 0.3) is 0 Å². The van der Waals surface area contributed by atoms with Crippen molar-refractivity contribution in [3.05, 3.63) is 53.6 Å². The Labute approximate surface area is 114 Å². The van der Waals surface area contributed by atoms with Crippen LogP contribution in [-0.2, 0) is 13.5 Å². The maximum Gasteiger partial charge on any atom is 0.163 e. The second-order valence-corrected chi connectivity index (χ2v) is 5.15. The number of rotatable bonds is 5. The van der Waals surface area contributed by atoms with E-state index < -0.39 is 0 Å². The maximum atomic E-state index is 12.1. The SMILES string of the molecule is CC(C)c1ccc(C(=O)CCc2nccn2C)cc1. The fraction of sp³-hybridized carbons (Fsp3) is 0.375. The standard InChI is InChI=1S/C16H20N2O/c1-12(2)13-4-6-14(7-5-13)15(19)8-9-16-17-10-11-18(16)3/h4-7,10-12H,8-9H2,1-3H3. The summed E-state index contributed by atoms with van der Waals surface area (Å²) in [5.41, 5.74) is 2.05. The van der Waals surface area contributed by atoms with Gasteiger partial charge in [-0.1, -0.05) is 38.1 Å². The molecule has 0 saturated heterocycles. The van der Waals surface area contributed by atoms with Crippen molar-refractivity contribution in [2.75, 3.05) is 0 Å². The minimum Gasteiger partial charge on any atom is -0.338 e. The zero-order valence-electron chi connectivity index (χ0n) is 11.8. The molecule has 0 fully saturated rings. The van der Waals surface area contributed by atoms with Gasteiger partial charge in [0.05, 0.1) is 0 Å². The topological polar surface area (TPSA) is 34.9 Å². The quantitative estimate of drug-likeness (QED) is 0.769. The Hall–Kier alpha value is -1.90. The first-order valence-corrected chi connectivity index (χ1v) is 6.67. The van der Waals surface area contributed by atoms with E-state index in [1.165, 1.54) is 5.56 Å². The summed E-state index contributed by atoms with van der Waals surface area (Å²) in [5.74, 6) is 1.63. The highest BCUT2D eigenvalue weighted by molar-refractivity contribution is 5.96. The molecule has 0 saturated carbocycles. The van der Waals surface area contributed by atoms with Gasteiger partial charge >= 0.3 is 0 Å². The molecule has 0 aliphatic heterocycles. The monoisotopic (exact) mass is 256 g/mol. The van der Waals surface area contributed by atoms with Gasteiger partial charge in [-0.05, 0) is 11.5 Å². The van der Waals surface area contributed by atoms with Crippen LogP contribution in [0.2, 0.25) is 0 Å². The van der Waals surface area contributed by atoms with Gasteiger partial charge in [-0.15, -0.1) is 0 Å². The van der Waals surface area contributed by atoms with Gasteiger partial charge in [0.1, 0.15) is 5.82 Å². The molecule has 0 amide bonds. The van der Waals surface area contributed by atoms with Crippen LogP contribution in [0.5, 0.6) is 0 Å². The van der Waals surface area contributed by atoms with Gasteiger partial charge in [-0.2, -0.15) is 0 Å². The summed E-state index contributed by atoms with van der Waals surface area (Å²) in [6.07, 6.45) is 4.86. The third-order valence-electron chi connectivity index (χ3n) is 3.40. The molecule has 100 valence electrons. The molecule has 19 heavy (non-hydrogen) atoms. The molecule has 2 rings (SSSR count). The largest absolute Gasteiger partial charge is 0.338 e. The summed E-state index contributed by atoms with van der Waals surface area (Å²) in [6, 6.07) is 7.93. The Bertz CT molecular complexity index is 552. The highest BCUT2D eigenvalue weighted by Gasteiger charge is 2.08. The van der Waals surface area contributed by atoms with E-state index in [2.05, 4.69) is 18.8 Å². The molecule has 0 aliphatic rings. The van der Waals surface area contributed by atoms with Crippen LogP contribution in [0.15, 0.2) is 36.7 Å². The Morgan fingerprint density at radius 3 is 2.47 bits per heavy atom. The number of hydrogen-bond acceptors (Lipinski definition) is 2. The van der Waals surface area contributed by atoms with Crippen LogP contribution in [0.4, 0.5) is 0 Å². The van der Waals surface area contributed by atoms with Crippen LogP contribution in [0, 0.1) is 0 Å². The fourth-order valence-electron chi connectivity index (χ4n) is 2.06. The Balaban J connectivity index is 1.98. The number of Topliss-reactive ketones (excluding diaryl/α,β-unsaturated/α-hetero) is 1. The summed E-state index contributed by atoms with van der Waals surface area (Å²) in [4.78, 5) is 16.3. The molecule has 0 atom stereocenters. The molecule has 3 nitrogen and oxygen atoms in total. The van der Waals surface area contributed by atoms with E-state index in [0.29, 0.717) is 18.8 Å². The zero-order chi connectivity index (χ0) is 13.8. The van der Waals surface area contributed by atoms with Crippen LogP contribution in [-0.4, -0.2) is 15.3 Å². The van der Waals surface area contributed by atoms with E-state index >= 15 is 0 Å². The molecule has 1 aromatic heterocycles. The predicted octanol–water partition coefficient (Wildman–Crippen LogP) is 3.36. The summed E-state index contributed by atoms with van der Waals surface area (Å²) in [5, 5.41) is 0. The van der Waals surface area contributed by atoms with Gasteiger partial charge in [-0.3, -0.25) is 4.79 Å². The second-order valence-electron chi connectivity index (χ2n) is 5.15. The van der Waals surface area contributed by atoms with Gasteiger partial charge in [0.25, 0.3) is 0 Å². The minimum atomic E-state index is 0.179. The van der Waals surface area contributed by atoms with Crippen molar-refractivity contribution in [2.24, 2.45) is 7.05 Å². The van der Waals surface area contributed by atoms with Gasteiger partial charge < -0.3 is 4.57 Å². The van der Waals surface area contributed by atoms with E-state index in [-0.39, 0.29) is 5.78 Å². The minimum absolute atomic E-state index is 0.179. The average Bonchev–Trinajstić information content (AvgIpc) is 2.81. The Morgan fingerprint density at radius 1 is 1.26 bits per heavy atom. The molecule has 0 radical (unpaired) electrons. The number of aromatic nitrogens is 2. The van der Waals surface area contributed by atoms with E-state index in [0.717, 1.165) is 11.4 Å². The van der Waals surface area contributed by atoms with Crippen LogP contribution < -0.4 is 0 Å². The highest BCUT2D eigenvalue weighted by atomic mass is 16.1. The van der Waals surface area contributed by atoms with Crippen molar-refractivity contribution < 1.29 is 4.79 Å². The lowest BCUT2D eigenvalue weighted by molar-refractivity contribution is 0.0982. The molecular weight excluding hydrogens is 236 g/mol. The van der Waals surface area contributed by atoms with Crippen LogP contribution in [0.1, 0.15) is 47.9 Å². The molecule has 0 spiro atoms. The van der Waals surface area contributed by atoms with E-state index in [4.69, 9.17) is 0 Å². The maximum absolute atomic E-state index is 12.1. The zero-order valence-corrected chi connectivity index (χ0v) is 11.8. The van der Waals surface area contributed by atoms with E-state index in [9.17, 15) is 4.79 Å². The molecule has 0 N–H and O–H groups in total. The summed E-state index contributed by atoms with van der Waals surface area (Å²) >= 11 is 0. The first-order valence-electron chi connectivity index (χ1n) is 6.67. The molecule has 0 unspecified atom stereocenters. The fourth-order valence-corrected chi connectivity index (χ4v) is 2.06. The number of aryl methyl sites for hydroxylation is 2. The summed E-state index contributed by atoms with van der Waals surface area (Å²) in [6.45, 7) is 4.30. The second kappa shape index (κ2) is 5.83.